The molecule has 2 aromatic carbocycles. The van der Waals surface area contributed by atoms with Gasteiger partial charge in [0.2, 0.25) is 16.8 Å². The predicted molar refractivity (Wildman–Crippen MR) is 95.6 cm³/mol. The average Bonchev–Trinajstić information content (AvgIpc) is 3.06. The van der Waals surface area contributed by atoms with E-state index in [0.717, 1.165) is 5.56 Å². The summed E-state index contributed by atoms with van der Waals surface area (Å²) in [5.74, 6) is 0.824. The van der Waals surface area contributed by atoms with Crippen LogP contribution in [0.3, 0.4) is 0 Å². The Morgan fingerprint density at radius 3 is 2.62 bits per heavy atom. The van der Waals surface area contributed by atoms with Crippen LogP contribution in [0.4, 0.5) is 0 Å². The minimum Gasteiger partial charge on any atom is -0.454 e. The van der Waals surface area contributed by atoms with E-state index < -0.39 is 15.9 Å². The Bertz CT molecular complexity index is 925. The number of rotatable bonds is 6. The lowest BCUT2D eigenvalue weighted by Crippen LogP contribution is -2.33. The predicted octanol–water partition coefficient (Wildman–Crippen LogP) is 2.03. The molecule has 0 aromatic heterocycles. The standard InChI is InChI=1S/C18H20N2O5S/c1-12(2)20-26(22,23)17-6-4-3-5-14(17)18(21)19-10-13-7-8-15-16(9-13)25-11-24-15/h3-9,12,20H,10-11H2,1-2H3,(H,19,21). The highest BCUT2D eigenvalue weighted by Gasteiger charge is 2.22. The van der Waals surface area contributed by atoms with Gasteiger partial charge in [-0.2, -0.15) is 0 Å². The fourth-order valence-electron chi connectivity index (χ4n) is 2.59. The lowest BCUT2D eigenvalue weighted by Gasteiger charge is -2.13. The number of benzene rings is 2. The second-order valence-electron chi connectivity index (χ2n) is 6.14. The topological polar surface area (TPSA) is 93.7 Å². The highest BCUT2D eigenvalue weighted by atomic mass is 32.2. The highest BCUT2D eigenvalue weighted by molar-refractivity contribution is 7.89. The molecule has 7 nitrogen and oxygen atoms in total. The molecule has 26 heavy (non-hydrogen) atoms. The van der Waals surface area contributed by atoms with Crippen molar-refractivity contribution in [2.75, 3.05) is 6.79 Å². The van der Waals surface area contributed by atoms with Crippen LogP contribution in [-0.4, -0.2) is 27.2 Å². The Morgan fingerprint density at radius 1 is 1.12 bits per heavy atom. The molecular weight excluding hydrogens is 356 g/mol. The average molecular weight is 376 g/mol. The van der Waals surface area contributed by atoms with Crippen LogP contribution in [-0.2, 0) is 16.6 Å². The summed E-state index contributed by atoms with van der Waals surface area (Å²) in [5, 5.41) is 2.74. The molecule has 0 radical (unpaired) electrons. The van der Waals surface area contributed by atoms with Crippen molar-refractivity contribution in [3.8, 4) is 11.5 Å². The minimum atomic E-state index is -3.77. The van der Waals surface area contributed by atoms with Crippen LogP contribution in [0.15, 0.2) is 47.4 Å². The molecule has 1 aliphatic rings. The van der Waals surface area contributed by atoms with E-state index >= 15 is 0 Å². The minimum absolute atomic E-state index is 0.0445. The van der Waals surface area contributed by atoms with Crippen molar-refractivity contribution >= 4 is 15.9 Å². The van der Waals surface area contributed by atoms with Crippen LogP contribution in [0.1, 0.15) is 29.8 Å². The summed E-state index contributed by atoms with van der Waals surface area (Å²) in [6.07, 6.45) is 0. The smallest absolute Gasteiger partial charge is 0.252 e. The van der Waals surface area contributed by atoms with Crippen molar-refractivity contribution in [2.45, 2.75) is 31.3 Å². The number of hydrogen-bond donors (Lipinski definition) is 2. The third kappa shape index (κ3) is 3.97. The summed E-state index contributed by atoms with van der Waals surface area (Å²) in [6.45, 7) is 3.86. The molecule has 2 N–H and O–H groups in total. The molecule has 0 saturated carbocycles. The van der Waals surface area contributed by atoms with Gasteiger partial charge in [0.25, 0.3) is 5.91 Å². The van der Waals surface area contributed by atoms with Crippen molar-refractivity contribution in [2.24, 2.45) is 0 Å². The number of carbonyl (C=O) groups is 1. The van der Waals surface area contributed by atoms with E-state index in [1.165, 1.54) is 12.1 Å². The molecule has 8 heteroatoms. The fourth-order valence-corrected chi connectivity index (χ4v) is 4.05. The van der Waals surface area contributed by atoms with Crippen LogP contribution in [0.5, 0.6) is 11.5 Å². The zero-order valence-corrected chi connectivity index (χ0v) is 15.3. The first kappa shape index (κ1) is 18.2. The van der Waals surface area contributed by atoms with Crippen molar-refractivity contribution in [1.82, 2.24) is 10.0 Å². The van der Waals surface area contributed by atoms with E-state index in [0.29, 0.717) is 11.5 Å². The molecule has 1 amide bonds. The van der Waals surface area contributed by atoms with Gasteiger partial charge in [0.1, 0.15) is 0 Å². The third-order valence-corrected chi connectivity index (χ3v) is 5.42. The quantitative estimate of drug-likeness (QED) is 0.805. The van der Waals surface area contributed by atoms with Gasteiger partial charge in [0.05, 0.1) is 10.5 Å². The first-order valence-electron chi connectivity index (χ1n) is 8.15. The fraction of sp³-hybridized carbons (Fsp3) is 0.278. The second kappa shape index (κ2) is 7.35. The van der Waals surface area contributed by atoms with Crippen molar-refractivity contribution in [1.29, 1.82) is 0 Å². The molecule has 138 valence electrons. The Labute approximate surface area is 152 Å². The molecule has 0 atom stereocenters. The van der Waals surface area contributed by atoms with Gasteiger partial charge >= 0.3 is 0 Å². The molecule has 1 aliphatic heterocycles. The lowest BCUT2D eigenvalue weighted by molar-refractivity contribution is 0.0947. The van der Waals surface area contributed by atoms with E-state index in [9.17, 15) is 13.2 Å². The summed E-state index contributed by atoms with van der Waals surface area (Å²) in [7, 11) is -3.77. The Morgan fingerprint density at radius 2 is 1.85 bits per heavy atom. The molecular formula is C18H20N2O5S. The summed E-state index contributed by atoms with van der Waals surface area (Å²) >= 11 is 0. The van der Waals surface area contributed by atoms with Crippen LogP contribution >= 0.6 is 0 Å². The van der Waals surface area contributed by atoms with Gasteiger partial charge in [-0.1, -0.05) is 18.2 Å². The second-order valence-corrected chi connectivity index (χ2v) is 7.82. The van der Waals surface area contributed by atoms with Crippen molar-refractivity contribution in [3.63, 3.8) is 0 Å². The number of ether oxygens (including phenoxy) is 2. The van der Waals surface area contributed by atoms with E-state index in [1.54, 1.807) is 38.1 Å². The van der Waals surface area contributed by atoms with E-state index in [1.807, 2.05) is 6.07 Å². The van der Waals surface area contributed by atoms with E-state index in [2.05, 4.69) is 10.0 Å². The molecule has 3 rings (SSSR count). The Balaban J connectivity index is 1.76. The number of nitrogens with one attached hydrogen (secondary N) is 2. The van der Waals surface area contributed by atoms with Gasteiger partial charge in [0.15, 0.2) is 11.5 Å². The maximum atomic E-state index is 12.5. The number of fused-ring (bicyclic) bond motifs is 1. The van der Waals surface area contributed by atoms with Gasteiger partial charge < -0.3 is 14.8 Å². The van der Waals surface area contributed by atoms with Gasteiger partial charge in [-0.25, -0.2) is 13.1 Å². The molecule has 2 aromatic rings. The van der Waals surface area contributed by atoms with Crippen LogP contribution in [0.2, 0.25) is 0 Å². The summed E-state index contributed by atoms with van der Waals surface area (Å²) in [6, 6.07) is 11.2. The summed E-state index contributed by atoms with van der Waals surface area (Å²) < 4.78 is 38.0. The zero-order chi connectivity index (χ0) is 18.7. The third-order valence-electron chi connectivity index (χ3n) is 3.70. The lowest BCUT2D eigenvalue weighted by atomic mass is 10.1. The molecule has 0 unspecified atom stereocenters. The number of hydrogen-bond acceptors (Lipinski definition) is 5. The largest absolute Gasteiger partial charge is 0.454 e. The SMILES string of the molecule is CC(C)NS(=O)(=O)c1ccccc1C(=O)NCc1ccc2c(c1)OCO2. The van der Waals surface area contributed by atoms with Gasteiger partial charge in [-0.15, -0.1) is 0 Å². The highest BCUT2D eigenvalue weighted by Crippen LogP contribution is 2.32. The van der Waals surface area contributed by atoms with Gasteiger partial charge in [0, 0.05) is 12.6 Å². The number of sulfonamides is 1. The van der Waals surface area contributed by atoms with Crippen molar-refractivity contribution in [3.05, 3.63) is 53.6 Å². The van der Waals surface area contributed by atoms with Crippen molar-refractivity contribution < 1.29 is 22.7 Å². The molecule has 0 saturated heterocycles. The van der Waals surface area contributed by atoms with E-state index in [4.69, 9.17) is 9.47 Å². The van der Waals surface area contributed by atoms with Gasteiger partial charge in [-0.3, -0.25) is 4.79 Å². The molecule has 0 bridgehead atoms. The van der Waals surface area contributed by atoms with Crippen LogP contribution in [0.25, 0.3) is 0 Å². The first-order chi connectivity index (χ1) is 12.4. The van der Waals surface area contributed by atoms with E-state index in [-0.39, 0.29) is 29.8 Å². The monoisotopic (exact) mass is 376 g/mol. The van der Waals surface area contributed by atoms with Crippen LogP contribution in [0, 0.1) is 0 Å². The maximum absolute atomic E-state index is 12.5. The Hall–Kier alpha value is -2.58. The summed E-state index contributed by atoms with van der Waals surface area (Å²) in [4.78, 5) is 12.5. The Kier molecular flexibility index (Phi) is 5.15. The molecule has 0 aliphatic carbocycles. The van der Waals surface area contributed by atoms with Crippen LogP contribution < -0.4 is 19.5 Å². The molecule has 1 heterocycles. The number of carbonyl (C=O) groups excluding carboxylic acids is 1. The first-order valence-corrected chi connectivity index (χ1v) is 9.63. The maximum Gasteiger partial charge on any atom is 0.252 e. The summed E-state index contributed by atoms with van der Waals surface area (Å²) in [5.41, 5.74) is 0.921. The normalized spacial score (nSPS) is 13.0. The molecule has 0 fully saturated rings. The molecule has 0 spiro atoms. The number of amides is 1. The zero-order valence-electron chi connectivity index (χ0n) is 14.5. The van der Waals surface area contributed by atoms with Gasteiger partial charge in [-0.05, 0) is 43.7 Å².